The minimum absolute atomic E-state index is 0.448. The van der Waals surface area contributed by atoms with Crippen LogP contribution in [0, 0.1) is 0 Å². The first kappa shape index (κ1) is 15.2. The zero-order chi connectivity index (χ0) is 13.4. The summed E-state index contributed by atoms with van der Waals surface area (Å²) in [4.78, 5) is 0. The summed E-state index contributed by atoms with van der Waals surface area (Å²) >= 11 is 0. The number of hydrogen-bond donors (Lipinski definition) is 0. The van der Waals surface area contributed by atoms with Crippen molar-refractivity contribution in [1.29, 1.82) is 0 Å². The van der Waals surface area contributed by atoms with Gasteiger partial charge in [-0.2, -0.15) is 0 Å². The molecule has 0 atom stereocenters. The maximum Gasteiger partial charge on any atom is 0.145 e. The minimum atomic E-state index is -0.448. The molecule has 0 spiro atoms. The van der Waals surface area contributed by atoms with E-state index in [-0.39, 0.29) is 0 Å². The maximum atomic E-state index is 5.79. The zero-order valence-corrected chi connectivity index (χ0v) is 13.9. The van der Waals surface area contributed by atoms with Gasteiger partial charge in [0.05, 0.1) is 16.8 Å². The highest BCUT2D eigenvalue weighted by molar-refractivity contribution is 6.13. The van der Waals surface area contributed by atoms with Gasteiger partial charge in [0.1, 0.15) is 11.2 Å². The van der Waals surface area contributed by atoms with E-state index in [2.05, 4.69) is 6.07 Å². The van der Waals surface area contributed by atoms with Crippen LogP contribution >= 0.6 is 0 Å². The molecule has 0 unspecified atom stereocenters. The van der Waals surface area contributed by atoms with Crippen molar-refractivity contribution in [2.24, 2.45) is 0 Å². The number of rotatable bonds is 8. The molecule has 1 aromatic rings. The van der Waals surface area contributed by atoms with Crippen molar-refractivity contribution in [3.63, 3.8) is 0 Å². The molecule has 0 heterocycles. The van der Waals surface area contributed by atoms with Gasteiger partial charge in [0.15, 0.2) is 0 Å². The van der Waals surface area contributed by atoms with Crippen molar-refractivity contribution in [1.82, 2.24) is 0 Å². The molecule has 0 saturated heterocycles. The average molecular weight is 268 g/mol. The van der Waals surface area contributed by atoms with Gasteiger partial charge < -0.3 is 14.2 Å². The molecule has 0 N–H and O–H groups in total. The molecular weight excluding hydrogens is 244 g/mol. The molecule has 0 saturated carbocycles. The van der Waals surface area contributed by atoms with E-state index in [0.29, 0.717) is 19.8 Å². The first-order valence-corrected chi connectivity index (χ1v) is 7.63. The number of para-hydroxylation sites is 1. The van der Waals surface area contributed by atoms with Crippen molar-refractivity contribution in [2.75, 3.05) is 19.8 Å². The molecule has 1 rings (SSSR count). The summed E-state index contributed by atoms with van der Waals surface area (Å²) in [6.45, 7) is 8.01. The smallest absolute Gasteiger partial charge is 0.145 e. The Bertz CT molecular complexity index is 349. The van der Waals surface area contributed by atoms with Crippen LogP contribution in [-0.4, -0.2) is 35.5 Å². The molecule has 4 heteroatoms. The molecule has 0 radical (unpaired) electrons. The van der Waals surface area contributed by atoms with Gasteiger partial charge in [-0.1, -0.05) is 18.2 Å². The molecule has 102 valence electrons. The monoisotopic (exact) mass is 268 g/mol. The number of ether oxygens (including phenoxy) is 3. The Morgan fingerprint density at radius 3 is 2.17 bits per heavy atom. The van der Waals surface area contributed by atoms with Gasteiger partial charge in [-0.25, -0.2) is 0 Å². The van der Waals surface area contributed by atoms with Gasteiger partial charge in [0.2, 0.25) is 0 Å². The van der Waals surface area contributed by atoms with Gasteiger partial charge >= 0.3 is 0 Å². The Morgan fingerprint density at radius 2 is 1.61 bits per heavy atom. The Morgan fingerprint density at radius 1 is 1.00 bits per heavy atom. The first-order chi connectivity index (χ1) is 8.65. The van der Waals surface area contributed by atoms with Crippen LogP contribution in [0.2, 0.25) is 0 Å². The highest BCUT2D eigenvalue weighted by atomic mass is 28.1. The normalized spacial score (nSPS) is 11.7. The van der Waals surface area contributed by atoms with E-state index in [1.807, 2.05) is 39.0 Å². The van der Waals surface area contributed by atoms with Crippen LogP contribution in [-0.2, 0) is 15.9 Å². The summed E-state index contributed by atoms with van der Waals surface area (Å²) in [5.41, 5.74) is 0.702. The second-order valence-electron chi connectivity index (χ2n) is 4.22. The molecule has 18 heavy (non-hydrogen) atoms. The standard InChI is InChI=1S/C14H24O3Si/c1-4-15-13-10-8-7-9-12(13)11-14(18,16-5-2)17-6-3/h7-10H,4-6,11H2,1-3,18H3. The topological polar surface area (TPSA) is 27.7 Å². The Kier molecular flexibility index (Phi) is 6.39. The number of hydrogen-bond acceptors (Lipinski definition) is 3. The van der Waals surface area contributed by atoms with Crippen molar-refractivity contribution in [2.45, 2.75) is 32.6 Å². The molecule has 1 aromatic carbocycles. The fraction of sp³-hybridized carbons (Fsp3) is 0.571. The van der Waals surface area contributed by atoms with Gasteiger partial charge in [-0.3, -0.25) is 0 Å². The summed E-state index contributed by atoms with van der Waals surface area (Å²) in [5.74, 6) is 0.930. The molecule has 0 bridgehead atoms. The molecular formula is C14H24O3Si. The van der Waals surface area contributed by atoms with E-state index in [1.54, 1.807) is 0 Å². The van der Waals surface area contributed by atoms with Crippen molar-refractivity contribution < 1.29 is 14.2 Å². The summed E-state index contributed by atoms with van der Waals surface area (Å²) < 4.78 is 17.2. The molecule has 0 aliphatic rings. The lowest BCUT2D eigenvalue weighted by molar-refractivity contribution is -0.171. The van der Waals surface area contributed by atoms with E-state index in [9.17, 15) is 0 Å². The maximum absolute atomic E-state index is 5.79. The minimum Gasteiger partial charge on any atom is -0.494 e. The van der Waals surface area contributed by atoms with Gasteiger partial charge in [0, 0.05) is 19.6 Å². The third kappa shape index (κ3) is 4.44. The lowest BCUT2D eigenvalue weighted by Crippen LogP contribution is -2.39. The number of benzene rings is 1. The summed E-state index contributed by atoms with van der Waals surface area (Å²) in [6, 6.07) is 8.09. The highest BCUT2D eigenvalue weighted by Crippen LogP contribution is 2.24. The van der Waals surface area contributed by atoms with Crippen molar-refractivity contribution >= 4 is 10.2 Å². The summed E-state index contributed by atoms with van der Waals surface area (Å²) in [7, 11) is 0.825. The highest BCUT2D eigenvalue weighted by Gasteiger charge is 2.26. The molecule has 0 fully saturated rings. The lowest BCUT2D eigenvalue weighted by Gasteiger charge is -2.30. The van der Waals surface area contributed by atoms with Crippen LogP contribution in [0.25, 0.3) is 0 Å². The van der Waals surface area contributed by atoms with Crippen LogP contribution < -0.4 is 4.74 Å². The van der Waals surface area contributed by atoms with Crippen LogP contribution in [0.1, 0.15) is 26.3 Å². The van der Waals surface area contributed by atoms with Crippen LogP contribution in [0.15, 0.2) is 24.3 Å². The second kappa shape index (κ2) is 7.56. The molecule has 0 aliphatic carbocycles. The summed E-state index contributed by atoms with van der Waals surface area (Å²) in [5, 5.41) is 0. The van der Waals surface area contributed by atoms with E-state index < -0.39 is 5.41 Å². The predicted octanol–water partition coefficient (Wildman–Crippen LogP) is 1.72. The fourth-order valence-electron chi connectivity index (χ4n) is 2.05. The SMILES string of the molecule is CCOc1ccccc1CC([SiH3])(OCC)OCC. The third-order valence-electron chi connectivity index (χ3n) is 2.68. The first-order valence-electron chi connectivity index (χ1n) is 6.63. The van der Waals surface area contributed by atoms with Gasteiger partial charge in [-0.15, -0.1) is 0 Å². The Balaban J connectivity index is 2.85. The predicted molar refractivity (Wildman–Crippen MR) is 77.2 cm³/mol. The second-order valence-corrected chi connectivity index (χ2v) is 5.74. The van der Waals surface area contributed by atoms with Crippen molar-refractivity contribution in [3.8, 4) is 5.75 Å². The van der Waals surface area contributed by atoms with Crippen LogP contribution in [0.4, 0.5) is 0 Å². The van der Waals surface area contributed by atoms with Crippen LogP contribution in [0.5, 0.6) is 5.75 Å². The molecule has 0 aromatic heterocycles. The summed E-state index contributed by atoms with van der Waals surface area (Å²) in [6.07, 6.45) is 0.747. The Labute approximate surface area is 113 Å². The van der Waals surface area contributed by atoms with Gasteiger partial charge in [0.25, 0.3) is 0 Å². The third-order valence-corrected chi connectivity index (χ3v) is 3.61. The van der Waals surface area contributed by atoms with Crippen LogP contribution in [0.3, 0.4) is 0 Å². The average Bonchev–Trinajstić information content (AvgIpc) is 2.32. The quantitative estimate of drug-likeness (QED) is 0.531. The lowest BCUT2D eigenvalue weighted by atomic mass is 10.1. The fourth-order valence-corrected chi connectivity index (χ4v) is 3.00. The Hall–Kier alpha value is -0.843. The largest absolute Gasteiger partial charge is 0.494 e. The van der Waals surface area contributed by atoms with E-state index in [0.717, 1.165) is 28.0 Å². The van der Waals surface area contributed by atoms with E-state index in [4.69, 9.17) is 14.2 Å². The van der Waals surface area contributed by atoms with E-state index in [1.165, 1.54) is 0 Å². The van der Waals surface area contributed by atoms with Gasteiger partial charge in [-0.05, 0) is 32.4 Å². The zero-order valence-electron chi connectivity index (χ0n) is 11.9. The van der Waals surface area contributed by atoms with Crippen molar-refractivity contribution in [3.05, 3.63) is 29.8 Å². The molecule has 0 amide bonds. The van der Waals surface area contributed by atoms with E-state index >= 15 is 0 Å². The molecule has 3 nitrogen and oxygen atoms in total. The molecule has 0 aliphatic heterocycles.